The molecule has 1 atom stereocenters. The summed E-state index contributed by atoms with van der Waals surface area (Å²) in [5.41, 5.74) is 0.963. The van der Waals surface area contributed by atoms with Gasteiger partial charge >= 0.3 is 12.3 Å². The average molecular weight is 402 g/mol. The molecule has 6 nitrogen and oxygen atoms in total. The van der Waals surface area contributed by atoms with Crippen molar-refractivity contribution in [3.63, 3.8) is 0 Å². The van der Waals surface area contributed by atoms with Crippen LogP contribution >= 0.6 is 0 Å². The van der Waals surface area contributed by atoms with Gasteiger partial charge in [-0.15, -0.1) is 0 Å². The van der Waals surface area contributed by atoms with E-state index in [9.17, 15) is 22.8 Å². The molecule has 1 N–H and O–H groups in total. The minimum absolute atomic E-state index is 0.119. The first-order chi connectivity index (χ1) is 13.2. The number of alkyl halides is 3. The van der Waals surface area contributed by atoms with Crippen molar-refractivity contribution < 1.29 is 32.2 Å². The van der Waals surface area contributed by atoms with E-state index in [1.165, 1.54) is 4.90 Å². The summed E-state index contributed by atoms with van der Waals surface area (Å²) in [6, 6.07) is 7.30. The molecule has 1 fully saturated rings. The lowest BCUT2D eigenvalue weighted by molar-refractivity contribution is -0.162. The van der Waals surface area contributed by atoms with Crippen LogP contribution in [0.25, 0.3) is 0 Å². The van der Waals surface area contributed by atoms with E-state index in [4.69, 9.17) is 4.74 Å². The first-order valence-corrected chi connectivity index (χ1v) is 9.16. The Morgan fingerprint density at radius 3 is 2.32 bits per heavy atom. The number of nitrogens with zero attached hydrogens (tertiary/aromatic N) is 1. The van der Waals surface area contributed by atoms with Gasteiger partial charge in [-0.1, -0.05) is 19.1 Å². The normalized spacial score (nSPS) is 16.4. The van der Waals surface area contributed by atoms with E-state index in [0.29, 0.717) is 19.3 Å². The first kappa shape index (κ1) is 21.8. The van der Waals surface area contributed by atoms with Gasteiger partial charge in [0.25, 0.3) is 0 Å². The molecule has 0 spiro atoms. The van der Waals surface area contributed by atoms with Crippen LogP contribution in [0.5, 0.6) is 5.75 Å². The van der Waals surface area contributed by atoms with E-state index in [1.54, 1.807) is 7.11 Å². The topological polar surface area (TPSA) is 67.9 Å². The molecule has 2 rings (SSSR count). The molecule has 0 radical (unpaired) electrons. The fraction of sp³-hybridized carbons (Fsp3) is 0.579. The Kier molecular flexibility index (Phi) is 7.53. The molecule has 28 heavy (non-hydrogen) atoms. The molecular weight excluding hydrogens is 377 g/mol. The predicted molar refractivity (Wildman–Crippen MR) is 95.9 cm³/mol. The van der Waals surface area contributed by atoms with Gasteiger partial charge in [0.05, 0.1) is 13.2 Å². The Labute approximate surface area is 162 Å². The smallest absolute Gasteiger partial charge is 0.422 e. The molecule has 0 bridgehead atoms. The number of hydrogen-bond donors (Lipinski definition) is 1. The quantitative estimate of drug-likeness (QED) is 0.788. The van der Waals surface area contributed by atoms with Gasteiger partial charge in [0.2, 0.25) is 5.91 Å². The van der Waals surface area contributed by atoms with E-state index < -0.39 is 18.9 Å². The molecule has 1 saturated heterocycles. The molecule has 1 aliphatic heterocycles. The number of hydrogen-bond acceptors (Lipinski definition) is 4. The van der Waals surface area contributed by atoms with E-state index in [2.05, 4.69) is 10.1 Å². The largest absolute Gasteiger partial charge is 0.497 e. The van der Waals surface area contributed by atoms with Crippen LogP contribution in [0, 0.1) is 5.92 Å². The lowest BCUT2D eigenvalue weighted by atomic mass is 9.95. The predicted octanol–water partition coefficient (Wildman–Crippen LogP) is 3.67. The molecule has 9 heteroatoms. The second-order valence-corrected chi connectivity index (χ2v) is 6.67. The summed E-state index contributed by atoms with van der Waals surface area (Å²) in [5.74, 6) is 0.319. The summed E-state index contributed by atoms with van der Waals surface area (Å²) in [6.07, 6.45) is -4.08. The lowest BCUT2D eigenvalue weighted by Crippen LogP contribution is -2.44. The van der Waals surface area contributed by atoms with Crippen molar-refractivity contribution in [2.24, 2.45) is 5.92 Å². The van der Waals surface area contributed by atoms with Crippen molar-refractivity contribution in [3.05, 3.63) is 29.8 Å². The average Bonchev–Trinajstić information content (AvgIpc) is 2.69. The molecule has 2 amide bonds. The van der Waals surface area contributed by atoms with Gasteiger partial charge in [0.15, 0.2) is 6.61 Å². The number of likely N-dealkylation sites (tertiary alicyclic amines) is 1. The fourth-order valence-corrected chi connectivity index (χ4v) is 3.11. The van der Waals surface area contributed by atoms with Gasteiger partial charge < -0.3 is 19.7 Å². The number of piperidine rings is 1. The summed E-state index contributed by atoms with van der Waals surface area (Å²) in [4.78, 5) is 25.5. The minimum Gasteiger partial charge on any atom is -0.497 e. The highest BCUT2D eigenvalue weighted by Gasteiger charge is 2.33. The zero-order valence-corrected chi connectivity index (χ0v) is 15.9. The summed E-state index contributed by atoms with van der Waals surface area (Å²) < 4.78 is 45.8. The first-order valence-electron chi connectivity index (χ1n) is 9.16. The zero-order valence-electron chi connectivity index (χ0n) is 15.9. The number of benzene rings is 1. The Balaban J connectivity index is 1.84. The van der Waals surface area contributed by atoms with Gasteiger partial charge in [0, 0.05) is 19.0 Å². The Hall–Kier alpha value is -2.45. The number of carbonyl (C=O) groups is 2. The standard InChI is InChI=1S/C19H25F3N2O4/c1-3-16(13-4-6-15(27-2)7-5-13)23-17(25)14-8-10-24(11-9-14)18(26)28-12-19(20,21)22/h4-7,14,16H,3,8-12H2,1-2H3,(H,23,25). The van der Waals surface area contributed by atoms with Crippen molar-refractivity contribution in [2.45, 2.75) is 38.4 Å². The molecule has 0 saturated carbocycles. The molecule has 1 unspecified atom stereocenters. The molecule has 1 aromatic rings. The van der Waals surface area contributed by atoms with Gasteiger partial charge in [0.1, 0.15) is 5.75 Å². The summed E-state index contributed by atoms with van der Waals surface area (Å²) >= 11 is 0. The second kappa shape index (κ2) is 9.66. The van der Waals surface area contributed by atoms with Crippen LogP contribution in [-0.4, -0.2) is 49.9 Å². The molecule has 1 aliphatic rings. The van der Waals surface area contributed by atoms with E-state index >= 15 is 0 Å². The Bertz CT molecular complexity index is 656. The summed E-state index contributed by atoms with van der Waals surface area (Å²) in [5, 5.41) is 3.02. The van der Waals surface area contributed by atoms with Crippen LogP contribution in [0.15, 0.2) is 24.3 Å². The van der Waals surface area contributed by atoms with Crippen LogP contribution in [0.3, 0.4) is 0 Å². The van der Waals surface area contributed by atoms with Crippen LogP contribution in [0.2, 0.25) is 0 Å². The van der Waals surface area contributed by atoms with Crippen LogP contribution in [0.4, 0.5) is 18.0 Å². The maximum atomic E-state index is 12.6. The number of ether oxygens (including phenoxy) is 2. The maximum Gasteiger partial charge on any atom is 0.422 e. The zero-order chi connectivity index (χ0) is 20.7. The van der Waals surface area contributed by atoms with Gasteiger partial charge in [-0.05, 0) is 37.0 Å². The van der Waals surface area contributed by atoms with E-state index in [0.717, 1.165) is 11.3 Å². The Morgan fingerprint density at radius 1 is 1.21 bits per heavy atom. The highest BCUT2D eigenvalue weighted by molar-refractivity contribution is 5.79. The summed E-state index contributed by atoms with van der Waals surface area (Å²) in [7, 11) is 1.58. The number of nitrogens with one attached hydrogen (secondary N) is 1. The number of amides is 2. The molecule has 156 valence electrons. The lowest BCUT2D eigenvalue weighted by Gasteiger charge is -2.31. The van der Waals surface area contributed by atoms with Crippen LogP contribution in [0.1, 0.15) is 37.8 Å². The van der Waals surface area contributed by atoms with Crippen molar-refractivity contribution in [1.82, 2.24) is 10.2 Å². The van der Waals surface area contributed by atoms with Gasteiger partial charge in [-0.25, -0.2) is 4.79 Å². The number of carbonyl (C=O) groups excluding carboxylic acids is 2. The second-order valence-electron chi connectivity index (χ2n) is 6.67. The minimum atomic E-state index is -4.55. The highest BCUT2D eigenvalue weighted by Crippen LogP contribution is 2.24. The van der Waals surface area contributed by atoms with Gasteiger partial charge in [-0.3, -0.25) is 4.79 Å². The van der Waals surface area contributed by atoms with Crippen molar-refractivity contribution >= 4 is 12.0 Å². The third-order valence-corrected chi connectivity index (χ3v) is 4.73. The number of halogens is 3. The van der Waals surface area contributed by atoms with Crippen LogP contribution < -0.4 is 10.1 Å². The van der Waals surface area contributed by atoms with Gasteiger partial charge in [-0.2, -0.15) is 13.2 Å². The highest BCUT2D eigenvalue weighted by atomic mass is 19.4. The molecular formula is C19H25F3N2O4. The van der Waals surface area contributed by atoms with E-state index in [-0.39, 0.29) is 31.0 Å². The van der Waals surface area contributed by atoms with Crippen molar-refractivity contribution in [2.75, 3.05) is 26.8 Å². The Morgan fingerprint density at radius 2 is 1.82 bits per heavy atom. The monoisotopic (exact) mass is 402 g/mol. The van der Waals surface area contributed by atoms with Crippen molar-refractivity contribution in [3.8, 4) is 5.75 Å². The third-order valence-electron chi connectivity index (χ3n) is 4.73. The maximum absolute atomic E-state index is 12.6. The number of methoxy groups -OCH3 is 1. The fourth-order valence-electron chi connectivity index (χ4n) is 3.11. The van der Waals surface area contributed by atoms with Crippen molar-refractivity contribution in [1.29, 1.82) is 0 Å². The molecule has 0 aliphatic carbocycles. The number of rotatable bonds is 6. The summed E-state index contributed by atoms with van der Waals surface area (Å²) in [6.45, 7) is 0.739. The van der Waals surface area contributed by atoms with Crippen LogP contribution in [-0.2, 0) is 9.53 Å². The SMILES string of the molecule is CCC(NC(=O)C1CCN(C(=O)OCC(F)(F)F)CC1)c1ccc(OC)cc1. The van der Waals surface area contributed by atoms with E-state index in [1.807, 2.05) is 31.2 Å². The third kappa shape index (κ3) is 6.31. The molecule has 1 aromatic carbocycles. The molecule has 1 heterocycles. The molecule has 0 aromatic heterocycles.